The highest BCUT2D eigenvalue weighted by Crippen LogP contribution is 2.63. The number of carbonyl (C=O) groups is 1. The van der Waals surface area contributed by atoms with Gasteiger partial charge in [0.15, 0.2) is 0 Å². The highest BCUT2D eigenvalue weighted by Gasteiger charge is 2.61. The highest BCUT2D eigenvalue weighted by atomic mass is 16.4. The maximum atomic E-state index is 12.5. The first-order valence-corrected chi connectivity index (χ1v) is 11.2. The summed E-state index contributed by atoms with van der Waals surface area (Å²) in [7, 11) is 0. The van der Waals surface area contributed by atoms with Crippen LogP contribution in [0.4, 0.5) is 0 Å². The Morgan fingerprint density at radius 3 is 2.56 bits per heavy atom. The largest absolute Gasteiger partial charge is 0.425 e. The zero-order valence-electron chi connectivity index (χ0n) is 18.5. The molecule has 4 aromatic rings. The zero-order valence-corrected chi connectivity index (χ0v) is 18.5. The number of aromatic nitrogens is 3. The highest BCUT2D eigenvalue weighted by molar-refractivity contribution is 5.83. The summed E-state index contributed by atoms with van der Waals surface area (Å²) in [4.78, 5) is 15.8. The van der Waals surface area contributed by atoms with Crippen LogP contribution < -0.4 is 5.32 Å². The molecule has 1 amide bonds. The standard InChI is InChI=1S/C26H28N4O2/c1-25(2)16-26(25,19-8-4-3-5-9-19)17-28-22(31)12-13-23-29-30-24(32-23)14-18-15-27-21-11-7-6-10-20(18)21/h3-11,15,27H,12-14,16-17H2,1-2H3,(H,28,31). The van der Waals surface area contributed by atoms with Gasteiger partial charge in [-0.05, 0) is 29.0 Å². The number of rotatable bonds is 8. The third kappa shape index (κ3) is 3.81. The Morgan fingerprint density at radius 1 is 1.06 bits per heavy atom. The van der Waals surface area contributed by atoms with E-state index in [1.165, 1.54) is 5.56 Å². The van der Waals surface area contributed by atoms with Gasteiger partial charge in [0, 0.05) is 41.9 Å². The molecule has 0 aliphatic heterocycles. The predicted molar refractivity (Wildman–Crippen MR) is 123 cm³/mol. The zero-order chi connectivity index (χ0) is 22.2. The van der Waals surface area contributed by atoms with E-state index in [9.17, 15) is 4.79 Å². The second-order valence-corrected chi connectivity index (χ2v) is 9.41. The fourth-order valence-electron chi connectivity index (χ4n) is 4.82. The van der Waals surface area contributed by atoms with E-state index in [1.54, 1.807) is 0 Å². The van der Waals surface area contributed by atoms with Crippen LogP contribution in [0.5, 0.6) is 0 Å². The lowest BCUT2D eigenvalue weighted by Gasteiger charge is -2.22. The number of hydrogen-bond donors (Lipinski definition) is 2. The molecule has 1 aliphatic rings. The number of amides is 1. The summed E-state index contributed by atoms with van der Waals surface area (Å²) in [5, 5.41) is 12.6. The van der Waals surface area contributed by atoms with Gasteiger partial charge in [-0.15, -0.1) is 10.2 Å². The molecule has 32 heavy (non-hydrogen) atoms. The molecule has 2 N–H and O–H groups in total. The predicted octanol–water partition coefficient (Wildman–Crippen LogP) is 4.56. The molecule has 2 heterocycles. The van der Waals surface area contributed by atoms with Gasteiger partial charge in [0.25, 0.3) is 0 Å². The van der Waals surface area contributed by atoms with Crippen molar-refractivity contribution in [2.75, 3.05) is 6.54 Å². The molecule has 1 saturated carbocycles. The summed E-state index contributed by atoms with van der Waals surface area (Å²) in [6, 6.07) is 18.6. The SMILES string of the molecule is CC1(C)CC1(CNC(=O)CCc1nnc(Cc2c[nH]c3ccccc23)o1)c1ccccc1. The third-order valence-corrected chi connectivity index (χ3v) is 6.92. The maximum Gasteiger partial charge on any atom is 0.221 e. The van der Waals surface area contributed by atoms with Gasteiger partial charge in [-0.2, -0.15) is 0 Å². The monoisotopic (exact) mass is 428 g/mol. The maximum absolute atomic E-state index is 12.5. The number of aryl methyl sites for hydroxylation is 1. The Morgan fingerprint density at radius 2 is 1.78 bits per heavy atom. The van der Waals surface area contributed by atoms with Gasteiger partial charge in [-0.25, -0.2) is 0 Å². The molecule has 6 nitrogen and oxygen atoms in total. The topological polar surface area (TPSA) is 83.8 Å². The van der Waals surface area contributed by atoms with Crippen LogP contribution in [0.3, 0.4) is 0 Å². The second kappa shape index (κ2) is 7.93. The van der Waals surface area contributed by atoms with Crippen molar-refractivity contribution in [2.45, 2.75) is 44.9 Å². The molecule has 0 radical (unpaired) electrons. The summed E-state index contributed by atoms with van der Waals surface area (Å²) in [6.45, 7) is 5.18. The molecule has 6 heteroatoms. The Hall–Kier alpha value is -3.41. The van der Waals surface area contributed by atoms with Crippen LogP contribution in [0.25, 0.3) is 10.9 Å². The average molecular weight is 429 g/mol. The minimum absolute atomic E-state index is 0.0133. The van der Waals surface area contributed by atoms with Crippen LogP contribution >= 0.6 is 0 Å². The van der Waals surface area contributed by atoms with Crippen LogP contribution in [0, 0.1) is 5.41 Å². The number of aromatic amines is 1. The van der Waals surface area contributed by atoms with Crippen LogP contribution in [0.15, 0.2) is 65.2 Å². The number of carbonyl (C=O) groups excluding carboxylic acids is 1. The lowest BCUT2D eigenvalue weighted by molar-refractivity contribution is -0.121. The molecule has 0 bridgehead atoms. The molecule has 1 fully saturated rings. The van der Waals surface area contributed by atoms with Gasteiger partial charge in [0.05, 0.1) is 6.42 Å². The molecular formula is C26H28N4O2. The first-order chi connectivity index (χ1) is 15.5. The van der Waals surface area contributed by atoms with Crippen molar-refractivity contribution in [3.05, 3.63) is 83.7 Å². The van der Waals surface area contributed by atoms with E-state index >= 15 is 0 Å². The van der Waals surface area contributed by atoms with E-state index in [0.717, 1.165) is 22.9 Å². The first-order valence-electron chi connectivity index (χ1n) is 11.2. The van der Waals surface area contributed by atoms with Gasteiger partial charge in [-0.1, -0.05) is 62.4 Å². The van der Waals surface area contributed by atoms with Gasteiger partial charge in [0.1, 0.15) is 0 Å². The van der Waals surface area contributed by atoms with E-state index in [2.05, 4.69) is 64.7 Å². The van der Waals surface area contributed by atoms with Crippen molar-refractivity contribution in [3.8, 4) is 0 Å². The van der Waals surface area contributed by atoms with Crippen LogP contribution in [-0.4, -0.2) is 27.6 Å². The van der Waals surface area contributed by atoms with Crippen molar-refractivity contribution >= 4 is 16.8 Å². The fraction of sp³-hybridized carbons (Fsp3) is 0.346. The van der Waals surface area contributed by atoms with Crippen LogP contribution in [-0.2, 0) is 23.1 Å². The summed E-state index contributed by atoms with van der Waals surface area (Å²) in [6.07, 6.45) is 4.39. The normalized spacial score (nSPS) is 19.2. The summed E-state index contributed by atoms with van der Waals surface area (Å²) >= 11 is 0. The van der Waals surface area contributed by atoms with E-state index in [-0.39, 0.29) is 16.7 Å². The number of para-hydroxylation sites is 1. The Labute approximate surface area is 187 Å². The fourth-order valence-corrected chi connectivity index (χ4v) is 4.82. The van der Waals surface area contributed by atoms with Gasteiger partial charge in [0.2, 0.25) is 17.7 Å². The van der Waals surface area contributed by atoms with E-state index in [0.29, 0.717) is 37.6 Å². The van der Waals surface area contributed by atoms with E-state index < -0.39 is 0 Å². The number of hydrogen-bond acceptors (Lipinski definition) is 4. The minimum atomic E-state index is 0.0133. The minimum Gasteiger partial charge on any atom is -0.425 e. The van der Waals surface area contributed by atoms with Gasteiger partial charge in [-0.3, -0.25) is 4.79 Å². The quantitative estimate of drug-likeness (QED) is 0.431. The molecule has 5 rings (SSSR count). The summed E-state index contributed by atoms with van der Waals surface area (Å²) < 4.78 is 5.80. The molecule has 0 saturated heterocycles. The number of H-pyrrole nitrogens is 1. The molecule has 2 aromatic heterocycles. The van der Waals surface area contributed by atoms with Crippen molar-refractivity contribution in [3.63, 3.8) is 0 Å². The third-order valence-electron chi connectivity index (χ3n) is 6.92. The number of benzene rings is 2. The Kier molecular flexibility index (Phi) is 5.08. The Bertz CT molecular complexity index is 1240. The van der Waals surface area contributed by atoms with Crippen molar-refractivity contribution < 1.29 is 9.21 Å². The molecule has 1 unspecified atom stereocenters. The van der Waals surface area contributed by atoms with Crippen molar-refractivity contribution in [1.29, 1.82) is 0 Å². The molecule has 1 atom stereocenters. The second-order valence-electron chi connectivity index (χ2n) is 9.41. The van der Waals surface area contributed by atoms with Crippen LogP contribution in [0.1, 0.15) is 49.6 Å². The molecule has 164 valence electrons. The molecule has 2 aromatic carbocycles. The molecule has 0 spiro atoms. The Balaban J connectivity index is 1.15. The smallest absolute Gasteiger partial charge is 0.221 e. The van der Waals surface area contributed by atoms with Crippen LogP contribution in [0.2, 0.25) is 0 Å². The lowest BCUT2D eigenvalue weighted by Crippen LogP contribution is -2.34. The van der Waals surface area contributed by atoms with Crippen molar-refractivity contribution in [1.82, 2.24) is 20.5 Å². The summed E-state index contributed by atoms with van der Waals surface area (Å²) in [5.41, 5.74) is 3.70. The average Bonchev–Trinajstić information content (AvgIpc) is 3.14. The van der Waals surface area contributed by atoms with Crippen molar-refractivity contribution in [2.24, 2.45) is 5.41 Å². The number of nitrogens with one attached hydrogen (secondary N) is 2. The molecule has 1 aliphatic carbocycles. The van der Waals surface area contributed by atoms with E-state index in [4.69, 9.17) is 4.42 Å². The van der Waals surface area contributed by atoms with Gasteiger partial charge < -0.3 is 14.7 Å². The van der Waals surface area contributed by atoms with Gasteiger partial charge >= 0.3 is 0 Å². The number of fused-ring (bicyclic) bond motifs is 1. The number of nitrogens with zero attached hydrogens (tertiary/aromatic N) is 2. The lowest BCUT2D eigenvalue weighted by atomic mass is 9.88. The first kappa shape index (κ1) is 20.5. The van der Waals surface area contributed by atoms with E-state index in [1.807, 2.05) is 30.5 Å². The summed E-state index contributed by atoms with van der Waals surface area (Å²) in [5.74, 6) is 1.08. The molecular weight excluding hydrogens is 400 g/mol.